The molecule has 0 aliphatic heterocycles. The smallest absolute Gasteiger partial charge is 0.302 e. The van der Waals surface area contributed by atoms with E-state index in [0.29, 0.717) is 12.5 Å². The van der Waals surface area contributed by atoms with Crippen LogP contribution in [0.4, 0.5) is 0 Å². The number of ether oxygens (including phenoxy) is 1. The minimum atomic E-state index is -0.185. The van der Waals surface area contributed by atoms with Gasteiger partial charge in [-0.2, -0.15) is 0 Å². The van der Waals surface area contributed by atoms with Crippen molar-refractivity contribution >= 4 is 5.97 Å². The molecular formula is C13H26O2. The highest BCUT2D eigenvalue weighted by Crippen LogP contribution is 2.15. The van der Waals surface area contributed by atoms with E-state index < -0.39 is 0 Å². The van der Waals surface area contributed by atoms with Gasteiger partial charge in [0.25, 0.3) is 0 Å². The van der Waals surface area contributed by atoms with Crippen molar-refractivity contribution in [2.75, 3.05) is 6.61 Å². The molecule has 0 amide bonds. The topological polar surface area (TPSA) is 26.3 Å². The quantitative estimate of drug-likeness (QED) is 0.665. The number of rotatable bonds is 3. The number of carbonyl (C=O) groups is 1. The summed E-state index contributed by atoms with van der Waals surface area (Å²) in [5, 5.41) is 0. The molecule has 0 aromatic carbocycles. The third kappa shape index (κ3) is 13.5. The predicted octanol–water partition coefficient (Wildman–Crippen LogP) is 3.94. The molecule has 2 nitrogen and oxygen atoms in total. The molecule has 0 bridgehead atoms. The SMILES string of the molecule is C1CCCCC1.CC(=O)OCCC(C)C. The van der Waals surface area contributed by atoms with E-state index in [-0.39, 0.29) is 5.97 Å². The van der Waals surface area contributed by atoms with Crippen LogP contribution >= 0.6 is 0 Å². The number of hydrogen-bond donors (Lipinski definition) is 0. The second-order valence-electron chi connectivity index (χ2n) is 4.64. The van der Waals surface area contributed by atoms with E-state index in [4.69, 9.17) is 4.74 Å². The lowest BCUT2D eigenvalue weighted by Crippen LogP contribution is -2.02. The molecule has 1 rings (SSSR count). The average molecular weight is 214 g/mol. The van der Waals surface area contributed by atoms with Gasteiger partial charge in [0.2, 0.25) is 0 Å². The third-order valence-corrected chi connectivity index (χ3v) is 2.50. The van der Waals surface area contributed by atoms with Gasteiger partial charge in [0.15, 0.2) is 0 Å². The minimum absolute atomic E-state index is 0.185. The molecule has 0 heterocycles. The Morgan fingerprint density at radius 2 is 1.47 bits per heavy atom. The fourth-order valence-corrected chi connectivity index (χ4v) is 1.50. The molecule has 90 valence electrons. The molecule has 0 atom stereocenters. The zero-order valence-corrected chi connectivity index (χ0v) is 10.6. The van der Waals surface area contributed by atoms with Crippen molar-refractivity contribution in [2.45, 2.75) is 65.7 Å². The van der Waals surface area contributed by atoms with Crippen molar-refractivity contribution in [3.8, 4) is 0 Å². The fourth-order valence-electron chi connectivity index (χ4n) is 1.50. The summed E-state index contributed by atoms with van der Waals surface area (Å²) in [5.41, 5.74) is 0. The lowest BCUT2D eigenvalue weighted by molar-refractivity contribution is -0.141. The van der Waals surface area contributed by atoms with E-state index in [2.05, 4.69) is 13.8 Å². The summed E-state index contributed by atoms with van der Waals surface area (Å²) in [6.07, 6.45) is 9.96. The highest BCUT2D eigenvalue weighted by Gasteiger charge is 1.95. The van der Waals surface area contributed by atoms with Crippen molar-refractivity contribution in [1.82, 2.24) is 0 Å². The van der Waals surface area contributed by atoms with Gasteiger partial charge in [-0.25, -0.2) is 0 Å². The molecule has 0 aromatic rings. The number of hydrogen-bond acceptors (Lipinski definition) is 2. The van der Waals surface area contributed by atoms with Crippen molar-refractivity contribution in [3.63, 3.8) is 0 Å². The van der Waals surface area contributed by atoms with Gasteiger partial charge in [-0.1, -0.05) is 52.4 Å². The Hall–Kier alpha value is -0.530. The van der Waals surface area contributed by atoms with E-state index in [1.165, 1.54) is 45.4 Å². The van der Waals surface area contributed by atoms with Gasteiger partial charge in [0.1, 0.15) is 0 Å². The second kappa shape index (κ2) is 10.0. The van der Waals surface area contributed by atoms with E-state index in [1.807, 2.05) is 0 Å². The minimum Gasteiger partial charge on any atom is -0.466 e. The molecule has 1 aliphatic carbocycles. The van der Waals surface area contributed by atoms with Crippen molar-refractivity contribution < 1.29 is 9.53 Å². The first kappa shape index (κ1) is 14.5. The zero-order valence-electron chi connectivity index (χ0n) is 10.6. The lowest BCUT2D eigenvalue weighted by Gasteiger charge is -2.05. The van der Waals surface area contributed by atoms with Crippen LogP contribution in [0, 0.1) is 5.92 Å². The molecule has 1 fully saturated rings. The van der Waals surface area contributed by atoms with E-state index in [0.717, 1.165) is 6.42 Å². The van der Waals surface area contributed by atoms with Gasteiger partial charge >= 0.3 is 5.97 Å². The summed E-state index contributed by atoms with van der Waals surface area (Å²) in [7, 11) is 0. The largest absolute Gasteiger partial charge is 0.466 e. The van der Waals surface area contributed by atoms with Crippen molar-refractivity contribution in [1.29, 1.82) is 0 Å². The molecule has 0 radical (unpaired) electrons. The lowest BCUT2D eigenvalue weighted by atomic mass is 10.0. The maximum atomic E-state index is 10.2. The Morgan fingerprint density at radius 1 is 1.07 bits per heavy atom. The van der Waals surface area contributed by atoms with Gasteiger partial charge in [-0.15, -0.1) is 0 Å². The van der Waals surface area contributed by atoms with Crippen LogP contribution in [0.25, 0.3) is 0 Å². The van der Waals surface area contributed by atoms with Crippen molar-refractivity contribution in [2.24, 2.45) is 5.92 Å². The Morgan fingerprint density at radius 3 is 1.73 bits per heavy atom. The summed E-state index contributed by atoms with van der Waals surface area (Å²) in [4.78, 5) is 10.2. The van der Waals surface area contributed by atoms with Gasteiger partial charge in [-0.05, 0) is 12.3 Å². The van der Waals surface area contributed by atoms with E-state index >= 15 is 0 Å². The number of esters is 1. The average Bonchev–Trinajstić information content (AvgIpc) is 2.20. The van der Waals surface area contributed by atoms with Gasteiger partial charge in [0.05, 0.1) is 6.61 Å². The van der Waals surface area contributed by atoms with Crippen LogP contribution in [-0.4, -0.2) is 12.6 Å². The van der Waals surface area contributed by atoms with E-state index in [9.17, 15) is 4.79 Å². The molecule has 0 spiro atoms. The third-order valence-electron chi connectivity index (χ3n) is 2.50. The van der Waals surface area contributed by atoms with Gasteiger partial charge in [0, 0.05) is 6.92 Å². The molecule has 1 aliphatic rings. The molecule has 0 N–H and O–H groups in total. The van der Waals surface area contributed by atoms with Crippen LogP contribution in [0.1, 0.15) is 65.7 Å². The van der Waals surface area contributed by atoms with Crippen LogP contribution in [0.2, 0.25) is 0 Å². The molecule has 0 saturated heterocycles. The maximum absolute atomic E-state index is 10.2. The van der Waals surface area contributed by atoms with Crippen LogP contribution in [-0.2, 0) is 9.53 Å². The van der Waals surface area contributed by atoms with Crippen LogP contribution in [0.3, 0.4) is 0 Å². The summed E-state index contributed by atoms with van der Waals surface area (Å²) >= 11 is 0. The summed E-state index contributed by atoms with van der Waals surface area (Å²) in [6, 6.07) is 0. The summed E-state index contributed by atoms with van der Waals surface area (Å²) < 4.78 is 4.71. The second-order valence-corrected chi connectivity index (χ2v) is 4.64. The Balaban J connectivity index is 0.000000280. The predicted molar refractivity (Wildman–Crippen MR) is 63.8 cm³/mol. The Labute approximate surface area is 94.4 Å². The highest BCUT2D eigenvalue weighted by molar-refractivity contribution is 5.65. The first-order chi connectivity index (χ1) is 7.13. The Kier molecular flexibility index (Phi) is 9.65. The molecular weight excluding hydrogens is 188 g/mol. The maximum Gasteiger partial charge on any atom is 0.302 e. The molecule has 15 heavy (non-hydrogen) atoms. The van der Waals surface area contributed by atoms with Gasteiger partial charge in [-0.3, -0.25) is 4.79 Å². The molecule has 1 saturated carbocycles. The van der Waals surface area contributed by atoms with Crippen LogP contribution in [0.5, 0.6) is 0 Å². The Bertz CT molecular complexity index is 137. The monoisotopic (exact) mass is 214 g/mol. The van der Waals surface area contributed by atoms with E-state index in [1.54, 1.807) is 0 Å². The summed E-state index contributed by atoms with van der Waals surface area (Å²) in [6.45, 7) is 6.19. The van der Waals surface area contributed by atoms with Crippen LogP contribution in [0.15, 0.2) is 0 Å². The highest BCUT2D eigenvalue weighted by atomic mass is 16.5. The van der Waals surface area contributed by atoms with Crippen LogP contribution < -0.4 is 0 Å². The first-order valence-electron chi connectivity index (χ1n) is 6.26. The molecule has 0 unspecified atom stereocenters. The standard InChI is InChI=1S/C7H14O2.C6H12/c1-6(2)4-5-9-7(3)8;1-2-4-6-5-3-1/h6H,4-5H2,1-3H3;1-6H2. The van der Waals surface area contributed by atoms with Crippen molar-refractivity contribution in [3.05, 3.63) is 0 Å². The summed E-state index contributed by atoms with van der Waals surface area (Å²) in [5.74, 6) is 0.431. The zero-order chi connectivity index (χ0) is 11.5. The first-order valence-corrected chi connectivity index (χ1v) is 6.26. The molecule has 0 aromatic heterocycles. The normalized spacial score (nSPS) is 15.5. The molecule has 2 heteroatoms. The fraction of sp³-hybridized carbons (Fsp3) is 0.923. The van der Waals surface area contributed by atoms with Gasteiger partial charge < -0.3 is 4.74 Å². The number of carbonyl (C=O) groups excluding carboxylic acids is 1.